The molecule has 75 heavy (non-hydrogen) atoms. The lowest BCUT2D eigenvalue weighted by molar-refractivity contribution is -0.167. The molecule has 0 saturated heterocycles. The van der Waals surface area contributed by atoms with E-state index in [0.717, 1.165) is 96.3 Å². The van der Waals surface area contributed by atoms with E-state index in [1.165, 1.54) is 218 Å². The first-order valence-corrected chi connectivity index (χ1v) is 33.1. The van der Waals surface area contributed by atoms with Crippen LogP contribution in [0.25, 0.3) is 0 Å². The number of rotatable bonds is 61. The Bertz CT molecular complexity index is 1300. The van der Waals surface area contributed by atoms with Gasteiger partial charge in [-0.15, -0.1) is 0 Å². The van der Waals surface area contributed by atoms with Crippen LogP contribution in [0.4, 0.5) is 0 Å². The molecule has 0 aromatic heterocycles. The molecule has 0 spiro atoms. The summed E-state index contributed by atoms with van der Waals surface area (Å²) in [4.78, 5) is 38.2. The van der Waals surface area contributed by atoms with E-state index >= 15 is 0 Å². The molecule has 438 valence electrons. The van der Waals surface area contributed by atoms with Crippen molar-refractivity contribution in [2.75, 3.05) is 13.2 Å². The zero-order valence-electron chi connectivity index (χ0n) is 50.3. The van der Waals surface area contributed by atoms with E-state index in [0.29, 0.717) is 19.3 Å². The second kappa shape index (κ2) is 63.9. The second-order valence-corrected chi connectivity index (χ2v) is 22.4. The molecule has 0 rings (SSSR count). The van der Waals surface area contributed by atoms with Gasteiger partial charge in [-0.25, -0.2) is 0 Å². The maximum Gasteiger partial charge on any atom is 0.306 e. The predicted molar refractivity (Wildman–Crippen MR) is 325 cm³/mol. The highest BCUT2D eigenvalue weighted by Crippen LogP contribution is 2.18. The monoisotopic (exact) mass is 1050 g/mol. The van der Waals surface area contributed by atoms with Crippen LogP contribution in [0.5, 0.6) is 0 Å². The van der Waals surface area contributed by atoms with Gasteiger partial charge in [-0.2, -0.15) is 0 Å². The molecule has 0 bridgehead atoms. The van der Waals surface area contributed by atoms with Crippen LogP contribution in [0.15, 0.2) is 48.6 Å². The van der Waals surface area contributed by atoms with E-state index < -0.39 is 6.10 Å². The summed E-state index contributed by atoms with van der Waals surface area (Å²) in [5.41, 5.74) is 0. The van der Waals surface area contributed by atoms with Crippen molar-refractivity contribution in [1.82, 2.24) is 0 Å². The van der Waals surface area contributed by atoms with Gasteiger partial charge in [-0.1, -0.05) is 307 Å². The van der Waals surface area contributed by atoms with Crippen molar-refractivity contribution in [3.63, 3.8) is 0 Å². The van der Waals surface area contributed by atoms with Crippen molar-refractivity contribution in [3.8, 4) is 0 Å². The quantitative estimate of drug-likeness (QED) is 0.0261. The number of allylic oxidation sites excluding steroid dienone is 8. The van der Waals surface area contributed by atoms with Crippen molar-refractivity contribution in [2.45, 2.75) is 361 Å². The van der Waals surface area contributed by atoms with Crippen molar-refractivity contribution < 1.29 is 28.6 Å². The minimum Gasteiger partial charge on any atom is -0.462 e. The summed E-state index contributed by atoms with van der Waals surface area (Å²) in [7, 11) is 0. The van der Waals surface area contributed by atoms with Crippen molar-refractivity contribution >= 4 is 17.9 Å². The Labute approximate surface area is 467 Å². The Morgan fingerprint density at radius 3 is 0.787 bits per heavy atom. The van der Waals surface area contributed by atoms with Gasteiger partial charge in [0.25, 0.3) is 0 Å². The van der Waals surface area contributed by atoms with E-state index in [9.17, 15) is 14.4 Å². The Morgan fingerprint density at radius 1 is 0.267 bits per heavy atom. The molecule has 6 heteroatoms. The normalized spacial score (nSPS) is 12.3. The molecule has 0 heterocycles. The van der Waals surface area contributed by atoms with Crippen molar-refractivity contribution in [3.05, 3.63) is 48.6 Å². The number of unbranched alkanes of at least 4 members (excludes halogenated alkanes) is 42. The van der Waals surface area contributed by atoms with Gasteiger partial charge in [0.15, 0.2) is 6.10 Å². The largest absolute Gasteiger partial charge is 0.462 e. The average molecular weight is 1050 g/mol. The van der Waals surface area contributed by atoms with Crippen LogP contribution < -0.4 is 0 Å². The number of esters is 3. The average Bonchev–Trinajstić information content (AvgIpc) is 3.41. The predicted octanol–water partition coefficient (Wildman–Crippen LogP) is 22.6. The molecular formula is C69H126O6. The molecule has 6 nitrogen and oxygen atoms in total. The lowest BCUT2D eigenvalue weighted by atomic mass is 10.0. The molecule has 0 aromatic rings. The third-order valence-corrected chi connectivity index (χ3v) is 14.8. The Hall–Kier alpha value is -2.63. The molecule has 0 aliphatic heterocycles. The first-order chi connectivity index (χ1) is 37.0. The summed E-state index contributed by atoms with van der Waals surface area (Å²) in [6, 6.07) is 0. The third kappa shape index (κ3) is 62.1. The number of carbonyl (C=O) groups excluding carboxylic acids is 3. The van der Waals surface area contributed by atoms with Crippen LogP contribution in [0, 0.1) is 0 Å². The van der Waals surface area contributed by atoms with Crippen molar-refractivity contribution in [1.29, 1.82) is 0 Å². The third-order valence-electron chi connectivity index (χ3n) is 14.8. The number of ether oxygens (including phenoxy) is 3. The number of hydrogen-bond donors (Lipinski definition) is 0. The summed E-state index contributed by atoms with van der Waals surface area (Å²) in [6.45, 7) is 6.59. The summed E-state index contributed by atoms with van der Waals surface area (Å²) in [5.74, 6) is -0.870. The molecular weight excluding hydrogens is 925 g/mol. The van der Waals surface area contributed by atoms with Crippen LogP contribution in [0.1, 0.15) is 355 Å². The smallest absolute Gasteiger partial charge is 0.306 e. The van der Waals surface area contributed by atoms with Gasteiger partial charge in [0.1, 0.15) is 13.2 Å². The number of carbonyl (C=O) groups is 3. The zero-order chi connectivity index (χ0) is 54.3. The lowest BCUT2D eigenvalue weighted by Crippen LogP contribution is -2.30. The zero-order valence-corrected chi connectivity index (χ0v) is 50.3. The molecule has 0 aromatic carbocycles. The Morgan fingerprint density at radius 2 is 0.507 bits per heavy atom. The summed E-state index contributed by atoms with van der Waals surface area (Å²) >= 11 is 0. The summed E-state index contributed by atoms with van der Waals surface area (Å²) in [6.07, 6.45) is 80.1. The summed E-state index contributed by atoms with van der Waals surface area (Å²) in [5, 5.41) is 0. The topological polar surface area (TPSA) is 78.9 Å². The van der Waals surface area contributed by atoms with Crippen LogP contribution in [-0.2, 0) is 28.6 Å². The fourth-order valence-electron chi connectivity index (χ4n) is 9.81. The molecule has 0 saturated carbocycles. The van der Waals surface area contributed by atoms with Crippen LogP contribution in [0.3, 0.4) is 0 Å². The van der Waals surface area contributed by atoms with Crippen LogP contribution in [0.2, 0.25) is 0 Å². The first kappa shape index (κ1) is 72.4. The molecule has 1 unspecified atom stereocenters. The molecule has 0 fully saturated rings. The molecule has 0 aliphatic carbocycles. The van der Waals surface area contributed by atoms with Gasteiger partial charge in [0, 0.05) is 19.3 Å². The maximum absolute atomic E-state index is 12.8. The SMILES string of the molecule is CCC/C=C\C/C=C\CCCCCCCC(=O)OC(COC(=O)CCCCCCCCCCCCC)COC(=O)CCCCCCCCCCCCCCCCCCCCCCC/C=C\C/C=C\CCCCCCC. The molecule has 0 aliphatic rings. The molecule has 0 radical (unpaired) electrons. The van der Waals surface area contributed by atoms with Crippen LogP contribution in [-0.4, -0.2) is 37.2 Å². The number of hydrogen-bond acceptors (Lipinski definition) is 6. The van der Waals surface area contributed by atoms with E-state index in [1.54, 1.807) is 0 Å². The fourth-order valence-corrected chi connectivity index (χ4v) is 9.81. The maximum atomic E-state index is 12.8. The van der Waals surface area contributed by atoms with Gasteiger partial charge in [-0.05, 0) is 77.0 Å². The first-order valence-electron chi connectivity index (χ1n) is 33.1. The van der Waals surface area contributed by atoms with Gasteiger partial charge in [0.05, 0.1) is 0 Å². The second-order valence-electron chi connectivity index (χ2n) is 22.4. The fraction of sp³-hybridized carbons (Fsp3) is 0.841. The molecule has 1 atom stereocenters. The Kier molecular flexibility index (Phi) is 61.7. The van der Waals surface area contributed by atoms with Gasteiger partial charge in [0.2, 0.25) is 0 Å². The van der Waals surface area contributed by atoms with E-state index in [4.69, 9.17) is 14.2 Å². The summed E-state index contributed by atoms with van der Waals surface area (Å²) < 4.78 is 16.9. The minimum atomic E-state index is -0.776. The minimum absolute atomic E-state index is 0.0740. The lowest BCUT2D eigenvalue weighted by Gasteiger charge is -2.18. The highest BCUT2D eigenvalue weighted by Gasteiger charge is 2.19. The van der Waals surface area contributed by atoms with Gasteiger partial charge < -0.3 is 14.2 Å². The Balaban J connectivity index is 4.03. The standard InChI is InChI=1S/C69H126O6/c1-4-7-10-13-16-19-22-24-25-26-27-28-29-30-31-32-33-34-35-36-37-38-39-40-41-42-43-45-47-50-53-56-59-62-68(71)74-65-66(64-73-67(70)61-58-55-52-49-46-21-18-15-12-9-6-3)75-69(72)63-60-57-54-51-48-44-23-20-17-14-11-8-5-2/h11,14,20,22-24,26-27,66H,4-10,12-13,15-19,21,25,28-65H2,1-3H3/b14-11-,23-20-,24-22-,27-26-. The van der Waals surface area contributed by atoms with Crippen molar-refractivity contribution in [2.24, 2.45) is 0 Å². The van der Waals surface area contributed by atoms with Gasteiger partial charge in [-0.3, -0.25) is 14.4 Å². The van der Waals surface area contributed by atoms with Crippen LogP contribution >= 0.6 is 0 Å². The highest BCUT2D eigenvalue weighted by molar-refractivity contribution is 5.71. The van der Waals surface area contributed by atoms with E-state index in [2.05, 4.69) is 69.4 Å². The van der Waals surface area contributed by atoms with Gasteiger partial charge >= 0.3 is 17.9 Å². The highest BCUT2D eigenvalue weighted by atomic mass is 16.6. The van der Waals surface area contributed by atoms with E-state index in [-0.39, 0.29) is 31.1 Å². The molecule has 0 amide bonds. The van der Waals surface area contributed by atoms with E-state index in [1.807, 2.05) is 0 Å². The molecule has 0 N–H and O–H groups in total.